The van der Waals surface area contributed by atoms with Gasteiger partial charge in [-0.05, 0) is 35.6 Å². The van der Waals surface area contributed by atoms with E-state index in [2.05, 4.69) is 22.4 Å². The SMILES string of the molecule is CCc1ccc(OCCC(=O)Nc2nnc(-c3cccs3)s2)cc1. The van der Waals surface area contributed by atoms with Crippen LogP contribution < -0.4 is 10.1 Å². The monoisotopic (exact) mass is 359 g/mol. The van der Waals surface area contributed by atoms with E-state index in [-0.39, 0.29) is 12.3 Å². The number of amides is 1. The molecule has 0 saturated carbocycles. The summed E-state index contributed by atoms with van der Waals surface area (Å²) in [7, 11) is 0. The van der Waals surface area contributed by atoms with Crippen molar-refractivity contribution in [2.24, 2.45) is 0 Å². The highest BCUT2D eigenvalue weighted by Crippen LogP contribution is 2.29. The largest absolute Gasteiger partial charge is 0.493 e. The number of carbonyl (C=O) groups is 1. The number of hydrogen-bond acceptors (Lipinski definition) is 6. The van der Waals surface area contributed by atoms with Gasteiger partial charge in [0.25, 0.3) is 0 Å². The molecule has 5 nitrogen and oxygen atoms in total. The molecule has 124 valence electrons. The van der Waals surface area contributed by atoms with Gasteiger partial charge >= 0.3 is 0 Å². The zero-order valence-electron chi connectivity index (χ0n) is 13.2. The van der Waals surface area contributed by atoms with Gasteiger partial charge in [-0.25, -0.2) is 0 Å². The average molecular weight is 359 g/mol. The Labute approximate surface area is 148 Å². The lowest BCUT2D eigenvalue weighted by atomic mass is 10.2. The summed E-state index contributed by atoms with van der Waals surface area (Å²) in [5.41, 5.74) is 1.26. The van der Waals surface area contributed by atoms with Gasteiger partial charge in [0.1, 0.15) is 5.75 Å². The minimum atomic E-state index is -0.131. The molecule has 2 aromatic heterocycles. The molecule has 1 N–H and O–H groups in total. The second kappa shape index (κ2) is 8.03. The van der Waals surface area contributed by atoms with Crippen LogP contribution in [0, 0.1) is 0 Å². The van der Waals surface area contributed by atoms with Crippen LogP contribution in [0.3, 0.4) is 0 Å². The van der Waals surface area contributed by atoms with Gasteiger partial charge in [-0.3, -0.25) is 4.79 Å². The van der Waals surface area contributed by atoms with Gasteiger partial charge in [0.2, 0.25) is 11.0 Å². The first kappa shape index (κ1) is 16.6. The van der Waals surface area contributed by atoms with Crippen molar-refractivity contribution < 1.29 is 9.53 Å². The minimum absolute atomic E-state index is 0.131. The molecule has 2 heterocycles. The van der Waals surface area contributed by atoms with Crippen LogP contribution in [-0.4, -0.2) is 22.7 Å². The van der Waals surface area contributed by atoms with Crippen molar-refractivity contribution in [2.45, 2.75) is 19.8 Å². The molecule has 1 aromatic carbocycles. The number of thiophene rings is 1. The number of aryl methyl sites for hydroxylation is 1. The van der Waals surface area contributed by atoms with E-state index in [1.807, 2.05) is 41.8 Å². The van der Waals surface area contributed by atoms with Gasteiger partial charge in [-0.2, -0.15) is 0 Å². The van der Waals surface area contributed by atoms with Crippen LogP contribution in [0.25, 0.3) is 9.88 Å². The zero-order chi connectivity index (χ0) is 16.8. The number of anilines is 1. The van der Waals surface area contributed by atoms with Crippen molar-refractivity contribution in [3.63, 3.8) is 0 Å². The average Bonchev–Trinajstić information content (AvgIpc) is 3.27. The fraction of sp³-hybridized carbons (Fsp3) is 0.235. The molecule has 0 saturated heterocycles. The van der Waals surface area contributed by atoms with Gasteiger partial charge in [-0.1, -0.05) is 36.5 Å². The van der Waals surface area contributed by atoms with Crippen LogP contribution in [0.1, 0.15) is 18.9 Å². The van der Waals surface area contributed by atoms with Crippen LogP contribution in [0.4, 0.5) is 5.13 Å². The number of benzene rings is 1. The molecule has 0 aliphatic rings. The van der Waals surface area contributed by atoms with Crippen LogP contribution in [0.15, 0.2) is 41.8 Å². The number of rotatable bonds is 7. The molecule has 0 unspecified atom stereocenters. The second-order valence-electron chi connectivity index (χ2n) is 5.03. The second-order valence-corrected chi connectivity index (χ2v) is 6.96. The molecule has 0 bridgehead atoms. The minimum Gasteiger partial charge on any atom is -0.493 e. The van der Waals surface area contributed by atoms with Gasteiger partial charge in [-0.15, -0.1) is 21.5 Å². The van der Waals surface area contributed by atoms with Gasteiger partial charge in [0.05, 0.1) is 17.9 Å². The van der Waals surface area contributed by atoms with Crippen molar-refractivity contribution >= 4 is 33.7 Å². The summed E-state index contributed by atoms with van der Waals surface area (Å²) in [6.07, 6.45) is 1.27. The molecule has 1 amide bonds. The van der Waals surface area contributed by atoms with E-state index in [0.717, 1.165) is 22.1 Å². The zero-order valence-corrected chi connectivity index (χ0v) is 14.8. The normalized spacial score (nSPS) is 10.5. The van der Waals surface area contributed by atoms with Crippen LogP contribution in [-0.2, 0) is 11.2 Å². The van der Waals surface area contributed by atoms with Crippen LogP contribution in [0.2, 0.25) is 0 Å². The molecular weight excluding hydrogens is 342 g/mol. The van der Waals surface area contributed by atoms with E-state index in [1.54, 1.807) is 11.3 Å². The van der Waals surface area contributed by atoms with Gasteiger partial charge < -0.3 is 10.1 Å². The molecule has 3 aromatic rings. The maximum Gasteiger partial charge on any atom is 0.229 e. The Balaban J connectivity index is 1.45. The molecule has 0 aliphatic heterocycles. The Kier molecular flexibility index (Phi) is 5.55. The third-order valence-corrected chi connectivity index (χ3v) is 5.21. The summed E-state index contributed by atoms with van der Waals surface area (Å²) in [6, 6.07) is 11.9. The summed E-state index contributed by atoms with van der Waals surface area (Å²) in [6.45, 7) is 2.44. The predicted octanol–water partition coefficient (Wildman–Crippen LogP) is 4.24. The lowest BCUT2D eigenvalue weighted by molar-refractivity contribution is -0.116. The Morgan fingerprint density at radius 2 is 2.04 bits per heavy atom. The Hall–Kier alpha value is -2.25. The quantitative estimate of drug-likeness (QED) is 0.685. The van der Waals surface area contributed by atoms with E-state index in [0.29, 0.717) is 11.7 Å². The van der Waals surface area contributed by atoms with E-state index in [1.165, 1.54) is 16.9 Å². The number of nitrogens with one attached hydrogen (secondary N) is 1. The molecular formula is C17H17N3O2S2. The highest BCUT2D eigenvalue weighted by molar-refractivity contribution is 7.23. The first-order valence-corrected chi connectivity index (χ1v) is 9.33. The smallest absolute Gasteiger partial charge is 0.229 e. The number of nitrogens with zero attached hydrogens (tertiary/aromatic N) is 2. The Morgan fingerprint density at radius 3 is 2.75 bits per heavy atom. The first-order chi connectivity index (χ1) is 11.7. The molecule has 0 aliphatic carbocycles. The summed E-state index contributed by atoms with van der Waals surface area (Å²) >= 11 is 2.97. The maximum absolute atomic E-state index is 11.9. The summed E-state index contributed by atoms with van der Waals surface area (Å²) < 4.78 is 5.59. The fourth-order valence-electron chi connectivity index (χ4n) is 2.04. The van der Waals surface area contributed by atoms with Crippen LogP contribution >= 0.6 is 22.7 Å². The highest BCUT2D eigenvalue weighted by Gasteiger charge is 2.10. The Bertz CT molecular complexity index is 783. The van der Waals surface area contributed by atoms with Gasteiger partial charge in [0.15, 0.2) is 5.01 Å². The molecule has 0 spiro atoms. The van der Waals surface area contributed by atoms with E-state index in [4.69, 9.17) is 4.74 Å². The van der Waals surface area contributed by atoms with E-state index in [9.17, 15) is 4.79 Å². The topological polar surface area (TPSA) is 64.1 Å². The lowest BCUT2D eigenvalue weighted by Gasteiger charge is -2.06. The maximum atomic E-state index is 11.9. The first-order valence-electron chi connectivity index (χ1n) is 7.63. The Morgan fingerprint density at radius 1 is 1.21 bits per heavy atom. The summed E-state index contributed by atoms with van der Waals surface area (Å²) in [4.78, 5) is 13.0. The van der Waals surface area contributed by atoms with E-state index < -0.39 is 0 Å². The van der Waals surface area contributed by atoms with Crippen molar-refractivity contribution in [3.05, 3.63) is 47.3 Å². The van der Waals surface area contributed by atoms with Crippen molar-refractivity contribution in [1.82, 2.24) is 10.2 Å². The number of hydrogen-bond donors (Lipinski definition) is 1. The molecule has 0 atom stereocenters. The third-order valence-electron chi connectivity index (χ3n) is 3.33. The molecule has 3 rings (SSSR count). The standard InChI is InChI=1S/C17H17N3O2S2/c1-2-12-5-7-13(8-6-12)22-10-9-15(21)18-17-20-19-16(24-17)14-4-3-11-23-14/h3-8,11H,2,9-10H2,1H3,(H,18,20,21). The number of ether oxygens (including phenoxy) is 1. The van der Waals surface area contributed by atoms with E-state index >= 15 is 0 Å². The highest BCUT2D eigenvalue weighted by atomic mass is 32.1. The van der Waals surface area contributed by atoms with Crippen molar-refractivity contribution in [2.75, 3.05) is 11.9 Å². The molecule has 24 heavy (non-hydrogen) atoms. The molecule has 0 radical (unpaired) electrons. The summed E-state index contributed by atoms with van der Waals surface area (Å²) in [5, 5.41) is 14.2. The van der Waals surface area contributed by atoms with Gasteiger partial charge in [0, 0.05) is 0 Å². The lowest BCUT2D eigenvalue weighted by Crippen LogP contribution is -2.15. The van der Waals surface area contributed by atoms with Crippen molar-refractivity contribution in [3.8, 4) is 15.6 Å². The fourth-order valence-corrected chi connectivity index (χ4v) is 3.59. The molecule has 0 fully saturated rings. The predicted molar refractivity (Wildman–Crippen MR) is 97.8 cm³/mol. The third kappa shape index (κ3) is 4.39. The van der Waals surface area contributed by atoms with Crippen LogP contribution in [0.5, 0.6) is 5.75 Å². The molecule has 7 heteroatoms. The summed E-state index contributed by atoms with van der Waals surface area (Å²) in [5.74, 6) is 0.643. The number of carbonyl (C=O) groups excluding carboxylic acids is 1. The number of aromatic nitrogens is 2. The van der Waals surface area contributed by atoms with Crippen molar-refractivity contribution in [1.29, 1.82) is 0 Å².